The van der Waals surface area contributed by atoms with Crippen molar-refractivity contribution in [1.29, 1.82) is 5.26 Å². The van der Waals surface area contributed by atoms with Crippen LogP contribution in [0.15, 0.2) is 29.8 Å². The summed E-state index contributed by atoms with van der Waals surface area (Å²) in [5.74, 6) is -1.28. The van der Waals surface area contributed by atoms with Gasteiger partial charge in [-0.1, -0.05) is 11.6 Å². The number of rotatable bonds is 6. The summed E-state index contributed by atoms with van der Waals surface area (Å²) in [5, 5.41) is 33.3. The van der Waals surface area contributed by atoms with Crippen molar-refractivity contribution in [2.45, 2.75) is 6.92 Å². The highest BCUT2D eigenvalue weighted by atomic mass is 35.5. The van der Waals surface area contributed by atoms with E-state index < -0.39 is 22.3 Å². The van der Waals surface area contributed by atoms with Crippen molar-refractivity contribution in [2.75, 3.05) is 19.5 Å². The van der Waals surface area contributed by atoms with Gasteiger partial charge in [-0.05, 0) is 36.3 Å². The van der Waals surface area contributed by atoms with Crippen LogP contribution in [-0.2, 0) is 4.79 Å². The number of ether oxygens (including phenoxy) is 2. The van der Waals surface area contributed by atoms with Gasteiger partial charge in [-0.2, -0.15) is 5.26 Å². The first-order valence-electron chi connectivity index (χ1n) is 8.04. The Kier molecular flexibility index (Phi) is 6.64. The molecule has 0 heterocycles. The van der Waals surface area contributed by atoms with Crippen LogP contribution in [0.1, 0.15) is 11.1 Å². The molecule has 0 radical (unpaired) electrons. The number of nitriles is 1. The predicted octanol–water partition coefficient (Wildman–Crippen LogP) is 3.83. The Morgan fingerprint density at radius 1 is 1.28 bits per heavy atom. The predicted molar refractivity (Wildman–Crippen MR) is 106 cm³/mol. The number of carbonyl (C=O) groups is 1. The van der Waals surface area contributed by atoms with Crippen LogP contribution < -0.4 is 14.8 Å². The zero-order chi connectivity index (χ0) is 21.7. The number of anilines is 1. The molecule has 0 aromatic heterocycles. The van der Waals surface area contributed by atoms with Crippen LogP contribution in [-0.4, -0.2) is 30.2 Å². The second-order valence-electron chi connectivity index (χ2n) is 5.77. The summed E-state index contributed by atoms with van der Waals surface area (Å²) in [6.45, 7) is 1.74. The number of methoxy groups -OCH3 is 2. The Bertz CT molecular complexity index is 1060. The van der Waals surface area contributed by atoms with Gasteiger partial charge in [-0.25, -0.2) is 0 Å². The van der Waals surface area contributed by atoms with E-state index in [1.807, 2.05) is 0 Å². The lowest BCUT2D eigenvalue weighted by atomic mass is 10.1. The molecule has 0 aliphatic rings. The molecule has 0 aliphatic carbocycles. The molecule has 2 aromatic carbocycles. The average Bonchev–Trinajstić information content (AvgIpc) is 2.69. The molecule has 9 nitrogen and oxygen atoms in total. The number of phenolic OH excluding ortho intramolecular Hbond substituents is 1. The van der Waals surface area contributed by atoms with Crippen LogP contribution in [0, 0.1) is 28.4 Å². The van der Waals surface area contributed by atoms with Crippen molar-refractivity contribution in [3.63, 3.8) is 0 Å². The van der Waals surface area contributed by atoms with Gasteiger partial charge in [0.05, 0.1) is 24.8 Å². The summed E-state index contributed by atoms with van der Waals surface area (Å²) in [6, 6.07) is 7.14. The van der Waals surface area contributed by atoms with Gasteiger partial charge in [0.25, 0.3) is 5.91 Å². The number of hydrogen-bond acceptors (Lipinski definition) is 7. The van der Waals surface area contributed by atoms with E-state index in [0.29, 0.717) is 22.0 Å². The molecule has 29 heavy (non-hydrogen) atoms. The minimum absolute atomic E-state index is 0.123. The number of nitrogens with zero attached hydrogens (tertiary/aromatic N) is 2. The quantitative estimate of drug-likeness (QED) is 0.315. The molecule has 0 fully saturated rings. The van der Waals surface area contributed by atoms with E-state index >= 15 is 0 Å². The normalized spacial score (nSPS) is 10.8. The molecule has 2 N–H and O–H groups in total. The van der Waals surface area contributed by atoms with Crippen LogP contribution in [0.4, 0.5) is 11.4 Å². The molecular weight excluding hydrogens is 402 g/mol. The van der Waals surface area contributed by atoms with Crippen molar-refractivity contribution in [2.24, 2.45) is 0 Å². The molecule has 0 bridgehead atoms. The fourth-order valence-electron chi connectivity index (χ4n) is 2.43. The molecule has 0 unspecified atom stereocenters. The van der Waals surface area contributed by atoms with Gasteiger partial charge in [0, 0.05) is 17.2 Å². The number of halogens is 1. The maximum Gasteiger partial charge on any atom is 0.315 e. The van der Waals surface area contributed by atoms with Crippen LogP contribution in [0.5, 0.6) is 17.2 Å². The lowest BCUT2D eigenvalue weighted by molar-refractivity contribution is -0.386. The molecule has 0 saturated carbocycles. The minimum Gasteiger partial charge on any atom is -0.500 e. The van der Waals surface area contributed by atoms with E-state index in [1.165, 1.54) is 26.4 Å². The maximum atomic E-state index is 12.5. The van der Waals surface area contributed by atoms with Crippen LogP contribution in [0.3, 0.4) is 0 Å². The first-order chi connectivity index (χ1) is 13.7. The van der Waals surface area contributed by atoms with Gasteiger partial charge < -0.3 is 19.9 Å². The summed E-state index contributed by atoms with van der Waals surface area (Å²) < 4.78 is 10.1. The van der Waals surface area contributed by atoms with Crippen LogP contribution in [0.2, 0.25) is 5.02 Å². The number of amides is 1. The molecule has 2 aromatic rings. The topological polar surface area (TPSA) is 135 Å². The molecule has 0 saturated heterocycles. The lowest BCUT2D eigenvalue weighted by Gasteiger charge is -2.12. The molecule has 150 valence electrons. The van der Waals surface area contributed by atoms with Crippen molar-refractivity contribution >= 4 is 35.0 Å². The number of benzene rings is 2. The smallest absolute Gasteiger partial charge is 0.315 e. The number of carbonyl (C=O) groups excluding carboxylic acids is 1. The van der Waals surface area contributed by atoms with Gasteiger partial charge >= 0.3 is 5.69 Å². The Balaban J connectivity index is 2.44. The second kappa shape index (κ2) is 8.95. The summed E-state index contributed by atoms with van der Waals surface area (Å²) in [6.07, 6.45) is 1.14. The number of nitro benzene ring substituents is 1. The lowest BCUT2D eigenvalue weighted by Crippen LogP contribution is -2.14. The summed E-state index contributed by atoms with van der Waals surface area (Å²) in [7, 11) is 2.62. The van der Waals surface area contributed by atoms with Crippen LogP contribution >= 0.6 is 11.6 Å². The third kappa shape index (κ3) is 4.75. The van der Waals surface area contributed by atoms with E-state index in [0.717, 1.165) is 12.1 Å². The number of nitrogens with one attached hydrogen (secondary N) is 1. The Morgan fingerprint density at radius 3 is 2.48 bits per heavy atom. The van der Waals surface area contributed by atoms with Gasteiger partial charge in [0.15, 0.2) is 5.75 Å². The van der Waals surface area contributed by atoms with E-state index in [1.54, 1.807) is 19.1 Å². The molecule has 0 atom stereocenters. The number of aryl methyl sites for hydroxylation is 1. The van der Waals surface area contributed by atoms with Crippen LogP contribution in [0.25, 0.3) is 6.08 Å². The highest BCUT2D eigenvalue weighted by Crippen LogP contribution is 2.37. The zero-order valence-electron chi connectivity index (χ0n) is 15.6. The fraction of sp³-hybridized carbons (Fsp3) is 0.158. The molecule has 10 heteroatoms. The van der Waals surface area contributed by atoms with E-state index in [-0.39, 0.29) is 16.9 Å². The summed E-state index contributed by atoms with van der Waals surface area (Å²) >= 11 is 6.04. The van der Waals surface area contributed by atoms with Crippen molar-refractivity contribution < 1.29 is 24.3 Å². The summed E-state index contributed by atoms with van der Waals surface area (Å²) in [4.78, 5) is 22.8. The SMILES string of the molecule is COc1cc(Cl)c(C)cc1NC(=O)/C(C#N)=C/c1cc(OC)c(O)c([N+](=O)[O-])c1. The first-order valence-corrected chi connectivity index (χ1v) is 8.42. The Labute approximate surface area is 170 Å². The molecule has 1 amide bonds. The van der Waals surface area contributed by atoms with Crippen molar-refractivity contribution in [3.8, 4) is 23.3 Å². The zero-order valence-corrected chi connectivity index (χ0v) is 16.4. The Hall–Kier alpha value is -3.77. The standard InChI is InChI=1S/C19H16ClN3O6/c1-10-4-14(16(28-2)8-13(10)20)22-19(25)12(9-21)5-11-6-15(23(26)27)18(24)17(7-11)29-3/h4-8,24H,1-3H3,(H,22,25)/b12-5+. The van der Waals surface area contributed by atoms with Gasteiger partial charge in [0.1, 0.15) is 17.4 Å². The fourth-order valence-corrected chi connectivity index (χ4v) is 2.58. The van der Waals surface area contributed by atoms with E-state index in [9.17, 15) is 25.3 Å². The highest BCUT2D eigenvalue weighted by Gasteiger charge is 2.20. The summed E-state index contributed by atoms with van der Waals surface area (Å²) in [5.41, 5.74) is 0.154. The molecule has 0 aliphatic heterocycles. The number of hydrogen-bond donors (Lipinski definition) is 2. The minimum atomic E-state index is -0.803. The van der Waals surface area contributed by atoms with Gasteiger partial charge in [-0.3, -0.25) is 14.9 Å². The molecule has 2 rings (SSSR count). The third-order valence-electron chi connectivity index (χ3n) is 3.90. The van der Waals surface area contributed by atoms with E-state index in [2.05, 4.69) is 5.32 Å². The first kappa shape index (κ1) is 21.5. The molecular formula is C19H16ClN3O6. The Morgan fingerprint density at radius 2 is 1.93 bits per heavy atom. The molecule has 0 spiro atoms. The van der Waals surface area contributed by atoms with Gasteiger partial charge in [-0.15, -0.1) is 0 Å². The second-order valence-corrected chi connectivity index (χ2v) is 6.18. The van der Waals surface area contributed by atoms with Crippen molar-refractivity contribution in [3.05, 3.63) is 56.1 Å². The maximum absolute atomic E-state index is 12.5. The van der Waals surface area contributed by atoms with Gasteiger partial charge in [0.2, 0.25) is 5.75 Å². The number of aromatic hydroxyl groups is 1. The highest BCUT2D eigenvalue weighted by molar-refractivity contribution is 6.31. The van der Waals surface area contributed by atoms with Crippen molar-refractivity contribution in [1.82, 2.24) is 0 Å². The number of phenols is 1. The average molecular weight is 418 g/mol. The monoisotopic (exact) mass is 417 g/mol. The third-order valence-corrected chi connectivity index (χ3v) is 4.31. The number of nitro groups is 1. The van der Waals surface area contributed by atoms with E-state index in [4.69, 9.17) is 21.1 Å². The largest absolute Gasteiger partial charge is 0.500 e.